The van der Waals surface area contributed by atoms with Crippen molar-refractivity contribution < 1.29 is 9.59 Å². The molecule has 176 valence electrons. The first kappa shape index (κ1) is 29.4. The molecule has 0 aromatic heterocycles. The highest BCUT2D eigenvalue weighted by atomic mass is 16.1. The van der Waals surface area contributed by atoms with Gasteiger partial charge in [0.05, 0.1) is 0 Å². The fraction of sp³-hybridized carbons (Fsp3) is 0.310. The third-order valence-corrected chi connectivity index (χ3v) is 4.22. The van der Waals surface area contributed by atoms with Crippen molar-refractivity contribution >= 4 is 17.3 Å². The van der Waals surface area contributed by atoms with Crippen molar-refractivity contribution in [1.82, 2.24) is 10.6 Å². The molecule has 33 heavy (non-hydrogen) atoms. The van der Waals surface area contributed by atoms with E-state index in [1.807, 2.05) is 63.3 Å². The molecule has 0 spiro atoms. The Morgan fingerprint density at radius 1 is 1.15 bits per heavy atom. The highest BCUT2D eigenvalue weighted by Crippen LogP contribution is 2.21. The Kier molecular flexibility index (Phi) is 15.2. The van der Waals surface area contributed by atoms with Gasteiger partial charge < -0.3 is 10.6 Å². The van der Waals surface area contributed by atoms with E-state index in [1.54, 1.807) is 13.0 Å². The fourth-order valence-corrected chi connectivity index (χ4v) is 2.86. The van der Waals surface area contributed by atoms with Gasteiger partial charge in [-0.1, -0.05) is 76.6 Å². The molecule has 0 unspecified atom stereocenters. The maximum atomic E-state index is 11.6. The van der Waals surface area contributed by atoms with Crippen molar-refractivity contribution in [2.24, 2.45) is 0 Å². The largest absolute Gasteiger partial charge is 0.359 e. The van der Waals surface area contributed by atoms with E-state index in [0.29, 0.717) is 12.2 Å². The topological polar surface area (TPSA) is 58.2 Å². The van der Waals surface area contributed by atoms with E-state index >= 15 is 0 Å². The molecule has 0 aliphatic heterocycles. The van der Waals surface area contributed by atoms with Crippen LogP contribution in [0.25, 0.3) is 5.57 Å². The molecule has 0 bridgehead atoms. The standard InChI is InChI=1S/C27H32N2O2.C2H6/c1-7-11-25(22(6)29-26(12-8-2)17-21(5)30)16-20(4)24-15-10-14-23(18-24)19-28-27(31)13-9-3;1-2/h7,10-11,14-18,29H,4,6,8,12,19H2,1-3,5H3,(H,28,31);1-2H3/b11-7-,25-16+,26-17+;. The Morgan fingerprint density at radius 2 is 1.85 bits per heavy atom. The van der Waals surface area contributed by atoms with Gasteiger partial charge in [0.25, 0.3) is 5.91 Å². The first-order valence-electron chi connectivity index (χ1n) is 11.3. The lowest BCUT2D eigenvalue weighted by molar-refractivity contribution is -0.116. The lowest BCUT2D eigenvalue weighted by Gasteiger charge is -2.15. The molecule has 1 aromatic rings. The molecule has 0 fully saturated rings. The second-order valence-electron chi connectivity index (χ2n) is 7.02. The molecule has 4 heteroatoms. The first-order chi connectivity index (χ1) is 15.8. The predicted molar refractivity (Wildman–Crippen MR) is 141 cm³/mol. The number of ketones is 1. The molecule has 0 atom stereocenters. The average Bonchev–Trinajstić information content (AvgIpc) is 2.78. The zero-order valence-electron chi connectivity index (χ0n) is 21.0. The van der Waals surface area contributed by atoms with Gasteiger partial charge in [-0.25, -0.2) is 0 Å². The molecule has 0 saturated carbocycles. The van der Waals surface area contributed by atoms with Crippen molar-refractivity contribution in [2.45, 2.75) is 60.9 Å². The van der Waals surface area contributed by atoms with E-state index < -0.39 is 0 Å². The molecule has 0 aliphatic carbocycles. The summed E-state index contributed by atoms with van der Waals surface area (Å²) >= 11 is 0. The molecule has 0 saturated heterocycles. The van der Waals surface area contributed by atoms with E-state index in [9.17, 15) is 9.59 Å². The predicted octanol–water partition coefficient (Wildman–Crippen LogP) is 6.24. The van der Waals surface area contributed by atoms with Crippen LogP contribution in [0.5, 0.6) is 0 Å². The van der Waals surface area contributed by atoms with Gasteiger partial charge in [-0.2, -0.15) is 0 Å². The van der Waals surface area contributed by atoms with Gasteiger partial charge in [-0.15, -0.1) is 0 Å². The number of amides is 1. The number of hydrogen-bond donors (Lipinski definition) is 2. The van der Waals surface area contributed by atoms with Crippen molar-refractivity contribution in [2.75, 3.05) is 0 Å². The van der Waals surface area contributed by atoms with Gasteiger partial charge in [-0.05, 0) is 67.5 Å². The molecule has 2 N–H and O–H groups in total. The first-order valence-corrected chi connectivity index (χ1v) is 11.3. The van der Waals surface area contributed by atoms with Gasteiger partial charge in [-0.3, -0.25) is 9.59 Å². The quantitative estimate of drug-likeness (QED) is 0.240. The second-order valence-corrected chi connectivity index (χ2v) is 7.02. The fourth-order valence-electron chi connectivity index (χ4n) is 2.86. The van der Waals surface area contributed by atoms with E-state index in [2.05, 4.69) is 42.6 Å². The Labute approximate surface area is 200 Å². The SMILES string of the molecule is C=C(N/C(=C/C(C)=O)CCC)C(/C=C\C)=C/C(=C)c1cccc(CNC(=O)C#CC)c1.CC. The zero-order chi connectivity index (χ0) is 25.2. The van der Waals surface area contributed by atoms with Gasteiger partial charge in [0, 0.05) is 24.0 Å². The van der Waals surface area contributed by atoms with Crippen molar-refractivity contribution in [3.05, 3.63) is 89.8 Å². The highest BCUT2D eigenvalue weighted by Gasteiger charge is 2.06. The number of nitrogens with one attached hydrogen (secondary N) is 2. The number of carbonyl (C=O) groups excluding carboxylic acids is 2. The summed E-state index contributed by atoms with van der Waals surface area (Å²) in [7, 11) is 0. The second kappa shape index (κ2) is 17.0. The zero-order valence-corrected chi connectivity index (χ0v) is 21.0. The molecular weight excluding hydrogens is 408 g/mol. The number of benzene rings is 1. The van der Waals surface area contributed by atoms with Crippen LogP contribution >= 0.6 is 0 Å². The van der Waals surface area contributed by atoms with Crippen LogP contribution in [0.4, 0.5) is 0 Å². The number of allylic oxidation sites excluding steroid dienone is 6. The molecule has 0 heterocycles. The maximum Gasteiger partial charge on any atom is 0.296 e. The Hall–Kier alpha value is -3.58. The van der Waals surface area contributed by atoms with Crippen molar-refractivity contribution in [1.29, 1.82) is 0 Å². The number of carbonyl (C=O) groups is 2. The molecule has 0 aliphatic rings. The number of rotatable bonds is 11. The summed E-state index contributed by atoms with van der Waals surface area (Å²) in [5.41, 5.74) is 5.12. The van der Waals surface area contributed by atoms with Crippen LogP contribution in [0.2, 0.25) is 0 Å². The van der Waals surface area contributed by atoms with Crippen LogP contribution < -0.4 is 10.6 Å². The highest BCUT2D eigenvalue weighted by molar-refractivity contribution is 5.93. The minimum atomic E-state index is -0.300. The van der Waals surface area contributed by atoms with Gasteiger partial charge >= 0.3 is 0 Å². The molecule has 1 amide bonds. The van der Waals surface area contributed by atoms with E-state index in [0.717, 1.165) is 40.8 Å². The summed E-state index contributed by atoms with van der Waals surface area (Å²) in [5.74, 6) is 4.75. The van der Waals surface area contributed by atoms with Crippen molar-refractivity contribution in [3.63, 3.8) is 0 Å². The lowest BCUT2D eigenvalue weighted by Crippen LogP contribution is -2.20. The molecule has 0 radical (unpaired) electrons. The maximum absolute atomic E-state index is 11.6. The Bertz CT molecular complexity index is 982. The van der Waals surface area contributed by atoms with E-state index in [-0.39, 0.29) is 11.7 Å². The van der Waals surface area contributed by atoms with Crippen molar-refractivity contribution in [3.8, 4) is 11.8 Å². The van der Waals surface area contributed by atoms with E-state index in [1.165, 1.54) is 6.92 Å². The molecule has 1 rings (SSSR count). The average molecular weight is 447 g/mol. The van der Waals surface area contributed by atoms with E-state index in [4.69, 9.17) is 0 Å². The summed E-state index contributed by atoms with van der Waals surface area (Å²) < 4.78 is 0. The minimum Gasteiger partial charge on any atom is -0.359 e. The van der Waals surface area contributed by atoms with Crippen LogP contribution in [-0.4, -0.2) is 11.7 Å². The summed E-state index contributed by atoms with van der Waals surface area (Å²) in [6.45, 7) is 19.9. The summed E-state index contributed by atoms with van der Waals surface area (Å²) in [6.07, 6.45) is 9.12. The van der Waals surface area contributed by atoms with Crippen LogP contribution in [0.15, 0.2) is 78.7 Å². The summed E-state index contributed by atoms with van der Waals surface area (Å²) in [6, 6.07) is 7.83. The molecular formula is C29H38N2O2. The van der Waals surface area contributed by atoms with Crippen LogP contribution in [-0.2, 0) is 16.1 Å². The van der Waals surface area contributed by atoms with Gasteiger partial charge in [0.15, 0.2) is 5.78 Å². The summed E-state index contributed by atoms with van der Waals surface area (Å²) in [5, 5.41) is 6.04. The molecule has 1 aromatic carbocycles. The lowest BCUT2D eigenvalue weighted by atomic mass is 10.0. The molecule has 4 nitrogen and oxygen atoms in total. The van der Waals surface area contributed by atoms with Crippen LogP contribution in [0.3, 0.4) is 0 Å². The summed E-state index contributed by atoms with van der Waals surface area (Å²) in [4.78, 5) is 23.1. The Balaban J connectivity index is 0.00000497. The van der Waals surface area contributed by atoms with Gasteiger partial charge in [0.1, 0.15) is 0 Å². The minimum absolute atomic E-state index is 0.00135. The Morgan fingerprint density at radius 3 is 2.42 bits per heavy atom. The third-order valence-electron chi connectivity index (χ3n) is 4.22. The third kappa shape index (κ3) is 12.1. The van der Waals surface area contributed by atoms with Crippen LogP contribution in [0.1, 0.15) is 65.5 Å². The van der Waals surface area contributed by atoms with Gasteiger partial charge in [0.2, 0.25) is 0 Å². The van der Waals surface area contributed by atoms with Crippen LogP contribution in [0, 0.1) is 11.8 Å². The number of hydrogen-bond acceptors (Lipinski definition) is 3. The monoisotopic (exact) mass is 446 g/mol. The normalized spacial score (nSPS) is 11.0. The smallest absolute Gasteiger partial charge is 0.296 e.